The number of para-hydroxylation sites is 1. The molecular formula is C18H21N3O4. The maximum absolute atomic E-state index is 12.9. The summed E-state index contributed by atoms with van der Waals surface area (Å²) in [6.07, 6.45) is -0.0624. The lowest BCUT2D eigenvalue weighted by Crippen LogP contribution is -2.40. The standard InChI is InChI=1S/C18H21N3O4/c1-11-14(18(24)20-12(2)19-11)9-17(23)21-7-8-25-16-6-4-3-5-13(16)15(21)10-22/h3-6,15,22H,7-10H2,1-2H3,(H,19,20,24). The first-order chi connectivity index (χ1) is 12.0. The molecule has 2 aromatic rings. The van der Waals surface area contributed by atoms with E-state index in [0.29, 0.717) is 36.0 Å². The van der Waals surface area contributed by atoms with E-state index in [9.17, 15) is 14.7 Å². The molecular weight excluding hydrogens is 322 g/mol. The molecule has 1 unspecified atom stereocenters. The summed E-state index contributed by atoms with van der Waals surface area (Å²) in [6.45, 7) is 3.88. The second-order valence-corrected chi connectivity index (χ2v) is 6.06. The summed E-state index contributed by atoms with van der Waals surface area (Å²) in [5.41, 5.74) is 1.36. The Morgan fingerprint density at radius 1 is 1.40 bits per heavy atom. The fourth-order valence-electron chi connectivity index (χ4n) is 3.17. The number of benzene rings is 1. The van der Waals surface area contributed by atoms with Crippen LogP contribution in [0.4, 0.5) is 0 Å². The number of hydrogen-bond donors (Lipinski definition) is 2. The lowest BCUT2D eigenvalue weighted by Gasteiger charge is -2.28. The van der Waals surface area contributed by atoms with Crippen molar-refractivity contribution in [1.29, 1.82) is 0 Å². The van der Waals surface area contributed by atoms with E-state index in [0.717, 1.165) is 5.56 Å². The van der Waals surface area contributed by atoms with Gasteiger partial charge < -0.3 is 19.7 Å². The van der Waals surface area contributed by atoms with Crippen LogP contribution in [-0.4, -0.2) is 45.6 Å². The molecule has 1 aliphatic rings. The number of carbonyl (C=O) groups is 1. The van der Waals surface area contributed by atoms with Crippen LogP contribution in [0.25, 0.3) is 0 Å². The number of nitrogens with zero attached hydrogens (tertiary/aromatic N) is 2. The first kappa shape index (κ1) is 17.2. The van der Waals surface area contributed by atoms with Crippen LogP contribution >= 0.6 is 0 Å². The minimum Gasteiger partial charge on any atom is -0.491 e. The minimum atomic E-state index is -0.496. The highest BCUT2D eigenvalue weighted by Crippen LogP contribution is 2.31. The number of rotatable bonds is 3. The molecule has 1 atom stereocenters. The summed E-state index contributed by atoms with van der Waals surface area (Å²) in [4.78, 5) is 33.5. The van der Waals surface area contributed by atoms with Gasteiger partial charge >= 0.3 is 0 Å². The molecule has 0 saturated carbocycles. The summed E-state index contributed by atoms with van der Waals surface area (Å²) in [6, 6.07) is 6.87. The number of H-pyrrole nitrogens is 1. The molecule has 2 N–H and O–H groups in total. The Hall–Kier alpha value is -2.67. The Bertz CT molecular complexity index is 846. The van der Waals surface area contributed by atoms with E-state index in [1.54, 1.807) is 18.7 Å². The predicted octanol–water partition coefficient (Wildman–Crippen LogP) is 0.884. The highest BCUT2D eigenvalue weighted by molar-refractivity contribution is 5.79. The number of aliphatic hydroxyl groups excluding tert-OH is 1. The number of fused-ring (bicyclic) bond motifs is 1. The van der Waals surface area contributed by atoms with E-state index in [-0.39, 0.29) is 24.5 Å². The number of carbonyl (C=O) groups excluding carboxylic acids is 1. The van der Waals surface area contributed by atoms with Gasteiger partial charge in [-0.3, -0.25) is 9.59 Å². The molecule has 1 amide bonds. The maximum Gasteiger partial charge on any atom is 0.254 e. The third-order valence-corrected chi connectivity index (χ3v) is 4.41. The monoisotopic (exact) mass is 343 g/mol. The van der Waals surface area contributed by atoms with Crippen molar-refractivity contribution in [2.24, 2.45) is 0 Å². The molecule has 132 valence electrons. The van der Waals surface area contributed by atoms with Crippen LogP contribution in [0.3, 0.4) is 0 Å². The first-order valence-electron chi connectivity index (χ1n) is 8.19. The van der Waals surface area contributed by atoms with Gasteiger partial charge in [-0.05, 0) is 19.9 Å². The number of aromatic nitrogens is 2. The molecule has 25 heavy (non-hydrogen) atoms. The Morgan fingerprint density at radius 2 is 2.16 bits per heavy atom. The zero-order valence-electron chi connectivity index (χ0n) is 14.3. The zero-order chi connectivity index (χ0) is 18.0. The van der Waals surface area contributed by atoms with Gasteiger partial charge in [0.1, 0.15) is 18.2 Å². The van der Waals surface area contributed by atoms with E-state index in [4.69, 9.17) is 4.74 Å². The molecule has 0 bridgehead atoms. The van der Waals surface area contributed by atoms with Crippen molar-refractivity contribution in [2.75, 3.05) is 19.8 Å². The van der Waals surface area contributed by atoms with E-state index in [1.165, 1.54) is 0 Å². The van der Waals surface area contributed by atoms with Crippen molar-refractivity contribution in [1.82, 2.24) is 14.9 Å². The molecule has 0 aliphatic carbocycles. The highest BCUT2D eigenvalue weighted by atomic mass is 16.5. The van der Waals surface area contributed by atoms with Crippen molar-refractivity contribution in [3.05, 3.63) is 57.3 Å². The average Bonchev–Trinajstić information content (AvgIpc) is 2.77. The number of aromatic amines is 1. The SMILES string of the molecule is Cc1nc(C)c(CC(=O)N2CCOc3ccccc3C2CO)c(=O)[nH]1. The Labute approximate surface area is 145 Å². The van der Waals surface area contributed by atoms with Gasteiger partial charge in [0.15, 0.2) is 0 Å². The highest BCUT2D eigenvalue weighted by Gasteiger charge is 2.30. The summed E-state index contributed by atoms with van der Waals surface area (Å²) >= 11 is 0. The number of aryl methyl sites for hydroxylation is 2. The van der Waals surface area contributed by atoms with Gasteiger partial charge in [-0.25, -0.2) is 4.98 Å². The van der Waals surface area contributed by atoms with Crippen LogP contribution < -0.4 is 10.3 Å². The van der Waals surface area contributed by atoms with Crippen molar-refractivity contribution in [3.8, 4) is 5.75 Å². The summed E-state index contributed by atoms with van der Waals surface area (Å²) in [5, 5.41) is 9.86. The Balaban J connectivity index is 1.90. The molecule has 7 nitrogen and oxygen atoms in total. The van der Waals surface area contributed by atoms with Crippen LogP contribution in [0.15, 0.2) is 29.1 Å². The quantitative estimate of drug-likeness (QED) is 0.863. The van der Waals surface area contributed by atoms with Crippen LogP contribution in [0.1, 0.15) is 28.7 Å². The third-order valence-electron chi connectivity index (χ3n) is 4.41. The van der Waals surface area contributed by atoms with Gasteiger partial charge in [0, 0.05) is 16.8 Å². The second-order valence-electron chi connectivity index (χ2n) is 6.06. The van der Waals surface area contributed by atoms with Crippen molar-refractivity contribution >= 4 is 5.91 Å². The zero-order valence-corrected chi connectivity index (χ0v) is 14.3. The Kier molecular flexibility index (Phi) is 4.85. The first-order valence-corrected chi connectivity index (χ1v) is 8.19. The lowest BCUT2D eigenvalue weighted by molar-refractivity contribution is -0.134. The van der Waals surface area contributed by atoms with Crippen LogP contribution in [0.5, 0.6) is 5.75 Å². The normalized spacial score (nSPS) is 16.8. The topological polar surface area (TPSA) is 95.5 Å². The van der Waals surface area contributed by atoms with Crippen molar-refractivity contribution < 1.29 is 14.6 Å². The molecule has 1 aromatic heterocycles. The van der Waals surface area contributed by atoms with E-state index in [1.807, 2.05) is 24.3 Å². The van der Waals surface area contributed by atoms with Gasteiger partial charge in [0.2, 0.25) is 5.91 Å². The summed E-state index contributed by atoms with van der Waals surface area (Å²) < 4.78 is 5.69. The molecule has 1 aliphatic heterocycles. The molecule has 3 rings (SSSR count). The fraction of sp³-hybridized carbons (Fsp3) is 0.389. The van der Waals surface area contributed by atoms with Crippen LogP contribution in [-0.2, 0) is 11.2 Å². The van der Waals surface area contributed by atoms with Gasteiger partial charge in [-0.15, -0.1) is 0 Å². The number of hydrogen-bond acceptors (Lipinski definition) is 5. The second kappa shape index (κ2) is 7.06. The molecule has 0 saturated heterocycles. The molecule has 0 radical (unpaired) electrons. The van der Waals surface area contributed by atoms with E-state index in [2.05, 4.69) is 9.97 Å². The van der Waals surface area contributed by atoms with Crippen LogP contribution in [0, 0.1) is 13.8 Å². The number of ether oxygens (including phenoxy) is 1. The predicted molar refractivity (Wildman–Crippen MR) is 91.5 cm³/mol. The van der Waals surface area contributed by atoms with Gasteiger partial charge in [-0.2, -0.15) is 0 Å². The number of nitrogens with one attached hydrogen (secondary N) is 1. The molecule has 1 aromatic carbocycles. The van der Waals surface area contributed by atoms with Crippen molar-refractivity contribution in [3.63, 3.8) is 0 Å². The van der Waals surface area contributed by atoms with Crippen molar-refractivity contribution in [2.45, 2.75) is 26.3 Å². The summed E-state index contributed by atoms with van der Waals surface area (Å²) in [5.74, 6) is 0.950. The molecule has 0 spiro atoms. The number of amides is 1. The van der Waals surface area contributed by atoms with Gasteiger partial charge in [0.05, 0.1) is 25.6 Å². The summed E-state index contributed by atoms with van der Waals surface area (Å²) in [7, 11) is 0. The van der Waals surface area contributed by atoms with Gasteiger partial charge in [-0.1, -0.05) is 18.2 Å². The average molecular weight is 343 g/mol. The van der Waals surface area contributed by atoms with E-state index >= 15 is 0 Å². The van der Waals surface area contributed by atoms with E-state index < -0.39 is 6.04 Å². The third kappa shape index (κ3) is 3.41. The molecule has 2 heterocycles. The number of aliphatic hydroxyl groups is 1. The maximum atomic E-state index is 12.9. The van der Waals surface area contributed by atoms with Crippen LogP contribution in [0.2, 0.25) is 0 Å². The van der Waals surface area contributed by atoms with Gasteiger partial charge in [0.25, 0.3) is 5.56 Å². The minimum absolute atomic E-state index is 0.0624. The fourth-order valence-corrected chi connectivity index (χ4v) is 3.17. The molecule has 7 heteroatoms. The lowest BCUT2D eigenvalue weighted by atomic mass is 10.0. The Morgan fingerprint density at radius 3 is 2.88 bits per heavy atom. The smallest absolute Gasteiger partial charge is 0.254 e. The largest absolute Gasteiger partial charge is 0.491 e. The molecule has 0 fully saturated rings.